The Morgan fingerprint density at radius 2 is 2.22 bits per heavy atom. The van der Waals surface area contributed by atoms with Crippen LogP contribution >= 0.6 is 0 Å². The molecule has 2 rings (SSSR count). The SMILES string of the molecule is CNCc1ccncc1Oc1cnn(C(C)C)c1. The van der Waals surface area contributed by atoms with Gasteiger partial charge in [0.2, 0.25) is 0 Å². The Labute approximate surface area is 107 Å². The number of hydrogen-bond acceptors (Lipinski definition) is 4. The molecule has 0 unspecified atom stereocenters. The first-order valence-corrected chi connectivity index (χ1v) is 6.00. The smallest absolute Gasteiger partial charge is 0.165 e. The molecule has 0 aliphatic carbocycles. The van der Waals surface area contributed by atoms with Crippen molar-refractivity contribution in [2.45, 2.75) is 26.4 Å². The summed E-state index contributed by atoms with van der Waals surface area (Å²) in [4.78, 5) is 4.09. The zero-order valence-electron chi connectivity index (χ0n) is 10.9. The third-order valence-electron chi connectivity index (χ3n) is 2.57. The van der Waals surface area contributed by atoms with E-state index < -0.39 is 0 Å². The van der Waals surface area contributed by atoms with Crippen LogP contribution in [0.25, 0.3) is 0 Å². The van der Waals surface area contributed by atoms with Crippen LogP contribution in [0.1, 0.15) is 25.5 Å². The molecule has 0 amide bonds. The topological polar surface area (TPSA) is 52.0 Å². The summed E-state index contributed by atoms with van der Waals surface area (Å²) in [6.07, 6.45) is 7.09. The highest BCUT2D eigenvalue weighted by Gasteiger charge is 2.07. The number of pyridine rings is 1. The van der Waals surface area contributed by atoms with Crippen molar-refractivity contribution in [1.29, 1.82) is 0 Å². The van der Waals surface area contributed by atoms with Gasteiger partial charge in [0.05, 0.1) is 18.6 Å². The fourth-order valence-corrected chi connectivity index (χ4v) is 1.62. The van der Waals surface area contributed by atoms with Gasteiger partial charge in [0.1, 0.15) is 5.75 Å². The molecule has 0 aliphatic heterocycles. The molecule has 5 heteroatoms. The van der Waals surface area contributed by atoms with Gasteiger partial charge >= 0.3 is 0 Å². The third-order valence-corrected chi connectivity index (χ3v) is 2.57. The lowest BCUT2D eigenvalue weighted by atomic mass is 10.2. The summed E-state index contributed by atoms with van der Waals surface area (Å²) in [5.41, 5.74) is 1.07. The lowest BCUT2D eigenvalue weighted by Gasteiger charge is -2.08. The zero-order valence-corrected chi connectivity index (χ0v) is 10.9. The van der Waals surface area contributed by atoms with Gasteiger partial charge < -0.3 is 10.1 Å². The minimum Gasteiger partial charge on any atom is -0.452 e. The largest absolute Gasteiger partial charge is 0.452 e. The zero-order chi connectivity index (χ0) is 13.0. The van der Waals surface area contributed by atoms with Crippen molar-refractivity contribution in [3.8, 4) is 11.5 Å². The van der Waals surface area contributed by atoms with Crippen LogP contribution < -0.4 is 10.1 Å². The van der Waals surface area contributed by atoms with Crippen LogP contribution in [0.5, 0.6) is 11.5 Å². The highest BCUT2D eigenvalue weighted by molar-refractivity contribution is 5.33. The molecule has 0 bridgehead atoms. The van der Waals surface area contributed by atoms with Crippen molar-refractivity contribution >= 4 is 0 Å². The first-order chi connectivity index (χ1) is 8.70. The quantitative estimate of drug-likeness (QED) is 0.880. The van der Waals surface area contributed by atoms with Crippen LogP contribution in [0.2, 0.25) is 0 Å². The molecule has 0 aliphatic rings. The number of hydrogen-bond donors (Lipinski definition) is 1. The van der Waals surface area contributed by atoms with Crippen LogP contribution in [0.3, 0.4) is 0 Å². The molecule has 0 aromatic carbocycles. The van der Waals surface area contributed by atoms with E-state index in [0.717, 1.165) is 23.6 Å². The summed E-state index contributed by atoms with van der Waals surface area (Å²) in [6.45, 7) is 4.90. The van der Waals surface area contributed by atoms with Crippen molar-refractivity contribution in [2.24, 2.45) is 0 Å². The van der Waals surface area contributed by atoms with Crippen molar-refractivity contribution in [3.63, 3.8) is 0 Å². The summed E-state index contributed by atoms with van der Waals surface area (Å²) in [5.74, 6) is 1.49. The predicted octanol–water partition coefficient (Wildman–Crippen LogP) is 2.37. The van der Waals surface area contributed by atoms with Crippen LogP contribution in [-0.4, -0.2) is 21.8 Å². The maximum atomic E-state index is 5.81. The number of aromatic nitrogens is 3. The van der Waals surface area contributed by atoms with E-state index in [-0.39, 0.29) is 0 Å². The first-order valence-electron chi connectivity index (χ1n) is 6.00. The van der Waals surface area contributed by atoms with Gasteiger partial charge in [0, 0.05) is 24.3 Å². The van der Waals surface area contributed by atoms with E-state index in [4.69, 9.17) is 4.74 Å². The van der Waals surface area contributed by atoms with E-state index in [1.165, 1.54) is 0 Å². The van der Waals surface area contributed by atoms with Gasteiger partial charge in [-0.25, -0.2) is 0 Å². The minimum absolute atomic E-state index is 0.327. The van der Waals surface area contributed by atoms with Crippen LogP contribution in [0, 0.1) is 0 Å². The lowest BCUT2D eigenvalue weighted by Crippen LogP contribution is -2.06. The Bertz CT molecular complexity index is 507. The molecule has 1 N–H and O–H groups in total. The average Bonchev–Trinajstić information content (AvgIpc) is 2.81. The molecule has 0 radical (unpaired) electrons. The Kier molecular flexibility index (Phi) is 3.94. The fraction of sp³-hybridized carbons (Fsp3) is 0.385. The molecular formula is C13H18N4O. The van der Waals surface area contributed by atoms with E-state index in [9.17, 15) is 0 Å². The fourth-order valence-electron chi connectivity index (χ4n) is 1.62. The molecule has 0 saturated heterocycles. The monoisotopic (exact) mass is 246 g/mol. The van der Waals surface area contributed by atoms with Crippen LogP contribution in [0.15, 0.2) is 30.9 Å². The Morgan fingerprint density at radius 1 is 1.39 bits per heavy atom. The Morgan fingerprint density at radius 3 is 2.89 bits per heavy atom. The van der Waals surface area contributed by atoms with Crippen molar-refractivity contribution in [3.05, 3.63) is 36.4 Å². The molecule has 0 saturated carbocycles. The second kappa shape index (κ2) is 5.64. The molecule has 0 atom stereocenters. The summed E-state index contributed by atoms with van der Waals surface area (Å²) in [7, 11) is 1.90. The van der Waals surface area contributed by atoms with Gasteiger partial charge in [-0.1, -0.05) is 0 Å². The van der Waals surface area contributed by atoms with Gasteiger partial charge in [-0.3, -0.25) is 9.67 Å². The summed E-state index contributed by atoms with van der Waals surface area (Å²) < 4.78 is 7.67. The highest BCUT2D eigenvalue weighted by Crippen LogP contribution is 2.24. The normalized spacial score (nSPS) is 10.9. The highest BCUT2D eigenvalue weighted by atomic mass is 16.5. The second-order valence-corrected chi connectivity index (χ2v) is 4.37. The van der Waals surface area contributed by atoms with Gasteiger partial charge in [0.15, 0.2) is 5.75 Å². The Balaban J connectivity index is 2.17. The van der Waals surface area contributed by atoms with E-state index in [0.29, 0.717) is 6.04 Å². The summed E-state index contributed by atoms with van der Waals surface area (Å²) in [5, 5.41) is 7.35. The summed E-state index contributed by atoms with van der Waals surface area (Å²) >= 11 is 0. The van der Waals surface area contributed by atoms with Gasteiger partial charge in [-0.2, -0.15) is 5.10 Å². The van der Waals surface area contributed by atoms with Crippen molar-refractivity contribution in [2.75, 3.05) is 7.05 Å². The predicted molar refractivity (Wildman–Crippen MR) is 69.7 cm³/mol. The number of rotatable bonds is 5. The third kappa shape index (κ3) is 2.87. The molecule has 2 aromatic heterocycles. The first kappa shape index (κ1) is 12.6. The Hall–Kier alpha value is -1.88. The van der Waals surface area contributed by atoms with Gasteiger partial charge in [-0.05, 0) is 27.0 Å². The van der Waals surface area contributed by atoms with Crippen molar-refractivity contribution in [1.82, 2.24) is 20.1 Å². The maximum absolute atomic E-state index is 5.81. The number of nitrogens with zero attached hydrogens (tertiary/aromatic N) is 3. The molecular weight excluding hydrogens is 228 g/mol. The van der Waals surface area contributed by atoms with E-state index in [2.05, 4.69) is 29.2 Å². The van der Waals surface area contributed by atoms with E-state index in [1.54, 1.807) is 18.6 Å². The average molecular weight is 246 g/mol. The van der Waals surface area contributed by atoms with Gasteiger partial charge in [-0.15, -0.1) is 0 Å². The molecule has 18 heavy (non-hydrogen) atoms. The molecule has 96 valence electrons. The maximum Gasteiger partial charge on any atom is 0.165 e. The van der Waals surface area contributed by atoms with Crippen molar-refractivity contribution < 1.29 is 4.74 Å². The second-order valence-electron chi connectivity index (χ2n) is 4.37. The lowest BCUT2D eigenvalue weighted by molar-refractivity contribution is 0.467. The number of ether oxygens (including phenoxy) is 1. The molecule has 2 heterocycles. The minimum atomic E-state index is 0.327. The molecule has 0 spiro atoms. The molecule has 0 fully saturated rings. The van der Waals surface area contributed by atoms with Crippen LogP contribution in [-0.2, 0) is 6.54 Å². The van der Waals surface area contributed by atoms with Gasteiger partial charge in [0.25, 0.3) is 0 Å². The molecule has 5 nitrogen and oxygen atoms in total. The number of nitrogens with one attached hydrogen (secondary N) is 1. The summed E-state index contributed by atoms with van der Waals surface area (Å²) in [6, 6.07) is 2.27. The van der Waals surface area contributed by atoms with E-state index >= 15 is 0 Å². The van der Waals surface area contributed by atoms with E-state index in [1.807, 2.05) is 24.0 Å². The van der Waals surface area contributed by atoms with Crippen LogP contribution in [0.4, 0.5) is 0 Å². The molecule has 2 aromatic rings. The standard InChI is InChI=1S/C13H18N4O/c1-10(2)17-9-12(7-16-17)18-13-8-15-5-4-11(13)6-14-3/h4-5,7-10,14H,6H2,1-3H3.